The lowest BCUT2D eigenvalue weighted by Crippen LogP contribution is -2.49. The van der Waals surface area contributed by atoms with Crippen LogP contribution in [0.15, 0.2) is 36.5 Å². The quantitative estimate of drug-likeness (QED) is 0.615. The van der Waals surface area contributed by atoms with E-state index in [1.807, 2.05) is 11.1 Å². The first kappa shape index (κ1) is 23.7. The topological polar surface area (TPSA) is 77.1 Å². The molecule has 2 aliphatic rings. The van der Waals surface area contributed by atoms with Gasteiger partial charge in [-0.15, -0.1) is 0 Å². The molecule has 34 heavy (non-hydrogen) atoms. The Kier molecular flexibility index (Phi) is 6.86. The van der Waals surface area contributed by atoms with Crippen molar-refractivity contribution in [2.45, 2.75) is 38.6 Å². The molecule has 0 bridgehead atoms. The van der Waals surface area contributed by atoms with Crippen molar-refractivity contribution in [2.24, 2.45) is 0 Å². The van der Waals surface area contributed by atoms with Gasteiger partial charge in [0.25, 0.3) is 5.91 Å². The minimum atomic E-state index is -0.611. The SMILES string of the molecule is Cc1cc(C2CC2)cnc1N1CCN(C(=O)c2ccc(N(C(=O)N(C)C)C(C)C=O)cc2)CC1. The van der Waals surface area contributed by atoms with E-state index in [0.717, 1.165) is 25.2 Å². The minimum absolute atomic E-state index is 0.0334. The van der Waals surface area contributed by atoms with E-state index in [4.69, 9.17) is 4.98 Å². The highest BCUT2D eigenvalue weighted by molar-refractivity contribution is 5.98. The van der Waals surface area contributed by atoms with E-state index in [9.17, 15) is 14.4 Å². The standard InChI is InChI=1S/C26H33N5O3/c1-18-15-22(20-5-6-20)16-27-24(18)29-11-13-30(14-12-29)25(33)21-7-9-23(10-8-21)31(19(2)17-32)26(34)28(3)4/h7-10,15-17,19-20H,5-6,11-14H2,1-4H3. The highest BCUT2D eigenvalue weighted by Gasteiger charge is 2.27. The Bertz CT molecular complexity index is 1060. The van der Waals surface area contributed by atoms with Crippen LogP contribution in [-0.2, 0) is 4.79 Å². The van der Waals surface area contributed by atoms with E-state index >= 15 is 0 Å². The zero-order valence-electron chi connectivity index (χ0n) is 20.4. The van der Waals surface area contributed by atoms with Crippen LogP contribution in [0.1, 0.15) is 47.2 Å². The van der Waals surface area contributed by atoms with Gasteiger partial charge in [-0.25, -0.2) is 9.78 Å². The first-order chi connectivity index (χ1) is 16.3. The number of hydrogen-bond acceptors (Lipinski definition) is 5. The van der Waals surface area contributed by atoms with Crippen LogP contribution in [0, 0.1) is 6.92 Å². The van der Waals surface area contributed by atoms with E-state index in [1.54, 1.807) is 45.3 Å². The molecule has 8 heteroatoms. The zero-order valence-corrected chi connectivity index (χ0v) is 20.4. The van der Waals surface area contributed by atoms with Crippen molar-refractivity contribution < 1.29 is 14.4 Å². The number of carbonyl (C=O) groups excluding carboxylic acids is 3. The predicted molar refractivity (Wildman–Crippen MR) is 133 cm³/mol. The number of rotatable bonds is 6. The van der Waals surface area contributed by atoms with Crippen LogP contribution < -0.4 is 9.80 Å². The van der Waals surface area contributed by atoms with E-state index in [2.05, 4.69) is 17.9 Å². The van der Waals surface area contributed by atoms with E-state index in [-0.39, 0.29) is 11.9 Å². The lowest BCUT2D eigenvalue weighted by atomic mass is 10.1. The Labute approximate surface area is 201 Å². The summed E-state index contributed by atoms with van der Waals surface area (Å²) in [6.45, 7) is 6.51. The third kappa shape index (κ3) is 4.90. The summed E-state index contributed by atoms with van der Waals surface area (Å²) in [6.07, 6.45) is 5.27. The van der Waals surface area contributed by atoms with Crippen molar-refractivity contribution in [1.82, 2.24) is 14.8 Å². The van der Waals surface area contributed by atoms with Crippen molar-refractivity contribution in [3.63, 3.8) is 0 Å². The van der Waals surface area contributed by atoms with Gasteiger partial charge in [0.05, 0.1) is 6.04 Å². The maximum atomic E-state index is 13.1. The van der Waals surface area contributed by atoms with Crippen LogP contribution in [0.2, 0.25) is 0 Å². The summed E-state index contributed by atoms with van der Waals surface area (Å²) < 4.78 is 0. The molecule has 1 atom stereocenters. The monoisotopic (exact) mass is 463 g/mol. The predicted octanol–water partition coefficient (Wildman–Crippen LogP) is 3.31. The maximum absolute atomic E-state index is 13.1. The number of hydrogen-bond donors (Lipinski definition) is 0. The van der Waals surface area contributed by atoms with Gasteiger partial charge in [0.15, 0.2) is 0 Å². The molecule has 1 aliphatic heterocycles. The summed E-state index contributed by atoms with van der Waals surface area (Å²) in [5.74, 6) is 1.67. The molecule has 1 saturated carbocycles. The van der Waals surface area contributed by atoms with Gasteiger partial charge in [-0.3, -0.25) is 9.69 Å². The molecular formula is C26H33N5O3. The zero-order chi connectivity index (χ0) is 24.4. The molecule has 4 rings (SSSR count). The first-order valence-corrected chi connectivity index (χ1v) is 11.9. The summed E-state index contributed by atoms with van der Waals surface area (Å²) in [5.41, 5.74) is 3.68. The smallest absolute Gasteiger partial charge is 0.324 e. The number of carbonyl (C=O) groups is 3. The summed E-state index contributed by atoms with van der Waals surface area (Å²) in [7, 11) is 3.28. The van der Waals surface area contributed by atoms with E-state index in [1.165, 1.54) is 33.8 Å². The van der Waals surface area contributed by atoms with Gasteiger partial charge in [0.2, 0.25) is 0 Å². The van der Waals surface area contributed by atoms with Gasteiger partial charge in [0, 0.05) is 57.7 Å². The van der Waals surface area contributed by atoms with Crippen LogP contribution in [0.4, 0.5) is 16.3 Å². The molecule has 1 unspecified atom stereocenters. The first-order valence-electron chi connectivity index (χ1n) is 11.9. The molecule has 180 valence electrons. The van der Waals surface area contributed by atoms with Crippen LogP contribution in [0.25, 0.3) is 0 Å². The van der Waals surface area contributed by atoms with Gasteiger partial charge < -0.3 is 19.5 Å². The number of anilines is 2. The van der Waals surface area contributed by atoms with Crippen LogP contribution in [0.5, 0.6) is 0 Å². The number of nitrogens with zero attached hydrogens (tertiary/aromatic N) is 5. The molecule has 0 N–H and O–H groups in total. The number of benzene rings is 1. The number of amides is 3. The second-order valence-corrected chi connectivity index (χ2v) is 9.43. The Hall–Kier alpha value is -3.42. The van der Waals surface area contributed by atoms with Crippen molar-refractivity contribution in [3.8, 4) is 0 Å². The molecule has 0 radical (unpaired) electrons. The summed E-state index contributed by atoms with van der Waals surface area (Å²) in [5, 5.41) is 0. The average molecular weight is 464 g/mol. The molecule has 2 heterocycles. The van der Waals surface area contributed by atoms with Gasteiger partial charge in [0.1, 0.15) is 12.1 Å². The highest BCUT2D eigenvalue weighted by atomic mass is 16.2. The Morgan fingerprint density at radius 3 is 2.26 bits per heavy atom. The molecule has 2 aromatic rings. The van der Waals surface area contributed by atoms with Gasteiger partial charge in [-0.2, -0.15) is 0 Å². The van der Waals surface area contributed by atoms with Crippen LogP contribution in [-0.4, -0.2) is 79.3 Å². The number of aryl methyl sites for hydroxylation is 1. The van der Waals surface area contributed by atoms with E-state index in [0.29, 0.717) is 30.3 Å². The largest absolute Gasteiger partial charge is 0.353 e. The number of urea groups is 1. The molecule has 1 saturated heterocycles. The molecule has 2 fully saturated rings. The lowest BCUT2D eigenvalue weighted by molar-refractivity contribution is -0.108. The van der Waals surface area contributed by atoms with Crippen LogP contribution in [0.3, 0.4) is 0 Å². The Balaban J connectivity index is 1.40. The third-order valence-corrected chi connectivity index (χ3v) is 6.57. The summed E-state index contributed by atoms with van der Waals surface area (Å²) in [6, 6.07) is 8.25. The minimum Gasteiger partial charge on any atom is -0.353 e. The van der Waals surface area contributed by atoms with Gasteiger partial charge in [-0.1, -0.05) is 6.07 Å². The molecule has 1 aliphatic carbocycles. The maximum Gasteiger partial charge on any atom is 0.324 e. The average Bonchev–Trinajstić information content (AvgIpc) is 3.69. The molecule has 1 aromatic heterocycles. The Morgan fingerprint density at radius 2 is 1.74 bits per heavy atom. The highest BCUT2D eigenvalue weighted by Crippen LogP contribution is 2.40. The fourth-order valence-corrected chi connectivity index (χ4v) is 4.42. The third-order valence-electron chi connectivity index (χ3n) is 6.57. The number of piperazine rings is 1. The molecule has 8 nitrogen and oxygen atoms in total. The fraction of sp³-hybridized carbons (Fsp3) is 0.462. The molecular weight excluding hydrogens is 430 g/mol. The van der Waals surface area contributed by atoms with Gasteiger partial charge in [-0.05, 0) is 68.0 Å². The second kappa shape index (κ2) is 9.83. The number of aromatic nitrogens is 1. The number of aldehydes is 1. The van der Waals surface area contributed by atoms with E-state index < -0.39 is 6.04 Å². The molecule has 3 amide bonds. The van der Waals surface area contributed by atoms with Crippen LogP contribution >= 0.6 is 0 Å². The molecule has 0 spiro atoms. The second-order valence-electron chi connectivity index (χ2n) is 9.43. The lowest BCUT2D eigenvalue weighted by Gasteiger charge is -2.36. The summed E-state index contributed by atoms with van der Waals surface area (Å²) >= 11 is 0. The van der Waals surface area contributed by atoms with Gasteiger partial charge >= 0.3 is 6.03 Å². The molecule has 1 aromatic carbocycles. The normalized spacial score (nSPS) is 16.7. The summed E-state index contributed by atoms with van der Waals surface area (Å²) in [4.78, 5) is 48.7. The number of pyridine rings is 1. The van der Waals surface area contributed by atoms with Crippen molar-refractivity contribution in [2.75, 3.05) is 50.1 Å². The Morgan fingerprint density at radius 1 is 1.09 bits per heavy atom. The van der Waals surface area contributed by atoms with Crippen molar-refractivity contribution >= 4 is 29.7 Å². The fourth-order valence-electron chi connectivity index (χ4n) is 4.42. The van der Waals surface area contributed by atoms with Crippen molar-refractivity contribution in [1.29, 1.82) is 0 Å². The van der Waals surface area contributed by atoms with Crippen molar-refractivity contribution in [3.05, 3.63) is 53.2 Å².